The normalized spacial score (nSPS) is 10.6. The highest BCUT2D eigenvalue weighted by Crippen LogP contribution is 2.35. The molecular weight excluding hydrogens is 420 g/mol. The van der Waals surface area contributed by atoms with E-state index in [2.05, 4.69) is 38.1 Å². The Kier molecular flexibility index (Phi) is 7.77. The molecule has 4 aromatic rings. The third-order valence-corrected chi connectivity index (χ3v) is 5.81. The van der Waals surface area contributed by atoms with Gasteiger partial charge in [-0.2, -0.15) is 0 Å². The number of aryl methyl sites for hydroxylation is 2. The van der Waals surface area contributed by atoms with Crippen LogP contribution in [0.3, 0.4) is 0 Å². The Labute approximate surface area is 202 Å². The number of hydrogen-bond donors (Lipinski definition) is 0. The molecule has 0 aromatic heterocycles. The Hall–Kier alpha value is -3.85. The average molecular weight is 451 g/mol. The maximum Gasteiger partial charge on any atom is 0.519 e. The lowest BCUT2D eigenvalue weighted by atomic mass is 9.96. The fourth-order valence-corrected chi connectivity index (χ4v) is 4.30. The third-order valence-electron chi connectivity index (χ3n) is 5.81. The van der Waals surface area contributed by atoms with Crippen molar-refractivity contribution in [3.8, 4) is 33.8 Å². The first-order valence-electron chi connectivity index (χ1n) is 12.0. The molecule has 34 heavy (non-hydrogen) atoms. The van der Waals surface area contributed by atoms with Gasteiger partial charge in [-0.25, -0.2) is 4.79 Å². The summed E-state index contributed by atoms with van der Waals surface area (Å²) in [5, 5.41) is 0. The summed E-state index contributed by atoms with van der Waals surface area (Å²) in [6.07, 6.45) is 3.25. The molecule has 0 heterocycles. The number of carbonyl (C=O) groups is 1. The lowest BCUT2D eigenvalue weighted by Gasteiger charge is -2.15. The molecule has 0 atom stereocenters. The van der Waals surface area contributed by atoms with E-state index in [0.29, 0.717) is 11.5 Å². The SMILES string of the molecule is CCCc1ccccc1-c1ccccc1OC(=O)Oc1ccccc1-c1ccccc1CCC. The van der Waals surface area contributed by atoms with E-state index in [4.69, 9.17) is 9.47 Å². The van der Waals surface area contributed by atoms with E-state index >= 15 is 0 Å². The summed E-state index contributed by atoms with van der Waals surface area (Å²) in [6.45, 7) is 4.32. The summed E-state index contributed by atoms with van der Waals surface area (Å²) < 4.78 is 11.5. The van der Waals surface area contributed by atoms with Gasteiger partial charge in [-0.05, 0) is 47.2 Å². The highest BCUT2D eigenvalue weighted by atomic mass is 16.7. The zero-order chi connectivity index (χ0) is 23.8. The van der Waals surface area contributed by atoms with Crippen molar-refractivity contribution in [1.29, 1.82) is 0 Å². The molecule has 0 fully saturated rings. The minimum absolute atomic E-state index is 0.486. The van der Waals surface area contributed by atoms with Crippen LogP contribution < -0.4 is 9.47 Å². The van der Waals surface area contributed by atoms with Crippen LogP contribution in [0.15, 0.2) is 97.1 Å². The Morgan fingerprint density at radius 2 is 0.882 bits per heavy atom. The Morgan fingerprint density at radius 3 is 1.29 bits per heavy atom. The van der Waals surface area contributed by atoms with Crippen molar-refractivity contribution in [3.05, 3.63) is 108 Å². The number of hydrogen-bond acceptors (Lipinski definition) is 3. The van der Waals surface area contributed by atoms with E-state index in [1.807, 2.05) is 72.8 Å². The van der Waals surface area contributed by atoms with Gasteiger partial charge in [0.1, 0.15) is 11.5 Å². The topological polar surface area (TPSA) is 35.5 Å². The van der Waals surface area contributed by atoms with E-state index in [1.165, 1.54) is 11.1 Å². The number of ether oxygens (including phenoxy) is 2. The van der Waals surface area contributed by atoms with Crippen molar-refractivity contribution < 1.29 is 14.3 Å². The van der Waals surface area contributed by atoms with Crippen LogP contribution in [-0.4, -0.2) is 6.16 Å². The van der Waals surface area contributed by atoms with Gasteiger partial charge >= 0.3 is 6.16 Å². The summed E-state index contributed by atoms with van der Waals surface area (Å²) in [6, 6.07) is 31.7. The van der Waals surface area contributed by atoms with Gasteiger partial charge in [-0.3, -0.25) is 0 Å². The smallest absolute Gasteiger partial charge is 0.394 e. The average Bonchev–Trinajstić information content (AvgIpc) is 2.86. The van der Waals surface area contributed by atoms with Crippen LogP contribution >= 0.6 is 0 Å². The van der Waals surface area contributed by atoms with Crippen LogP contribution in [0, 0.1) is 0 Å². The molecule has 0 spiro atoms. The van der Waals surface area contributed by atoms with Crippen LogP contribution in [0.4, 0.5) is 4.79 Å². The summed E-state index contributed by atoms with van der Waals surface area (Å²) in [5.74, 6) is 0.972. The summed E-state index contributed by atoms with van der Waals surface area (Å²) in [4.78, 5) is 12.9. The molecule has 0 unspecified atom stereocenters. The maximum absolute atomic E-state index is 12.9. The zero-order valence-electron chi connectivity index (χ0n) is 19.8. The standard InChI is InChI=1S/C31H30O3/c1-3-13-23-15-5-7-17-25(23)27-19-9-11-21-29(27)33-31(32)34-30-22-12-10-20-28(30)26-18-8-6-16-24(26)14-4-2/h5-12,15-22H,3-4,13-14H2,1-2H3. The molecule has 4 aromatic carbocycles. The second-order valence-corrected chi connectivity index (χ2v) is 8.26. The van der Waals surface area contributed by atoms with Gasteiger partial charge in [-0.15, -0.1) is 0 Å². The summed E-state index contributed by atoms with van der Waals surface area (Å²) in [5.41, 5.74) is 6.36. The minimum atomic E-state index is -0.749. The molecule has 0 N–H and O–H groups in total. The fraction of sp³-hybridized carbons (Fsp3) is 0.194. The molecule has 3 heteroatoms. The zero-order valence-corrected chi connectivity index (χ0v) is 19.8. The molecule has 0 radical (unpaired) electrons. The first-order valence-corrected chi connectivity index (χ1v) is 12.0. The van der Waals surface area contributed by atoms with Crippen LogP contribution in [-0.2, 0) is 12.8 Å². The highest BCUT2D eigenvalue weighted by molar-refractivity contribution is 5.80. The molecule has 0 saturated heterocycles. The van der Waals surface area contributed by atoms with Gasteiger partial charge in [0.05, 0.1) is 0 Å². The summed E-state index contributed by atoms with van der Waals surface area (Å²) >= 11 is 0. The first-order chi connectivity index (χ1) is 16.7. The molecule has 0 amide bonds. The van der Waals surface area contributed by atoms with Crippen LogP contribution in [0.1, 0.15) is 37.8 Å². The van der Waals surface area contributed by atoms with Gasteiger partial charge < -0.3 is 9.47 Å². The van der Waals surface area contributed by atoms with Crippen molar-refractivity contribution in [2.45, 2.75) is 39.5 Å². The number of rotatable bonds is 8. The largest absolute Gasteiger partial charge is 0.519 e. The highest BCUT2D eigenvalue weighted by Gasteiger charge is 2.17. The van der Waals surface area contributed by atoms with Crippen molar-refractivity contribution in [1.82, 2.24) is 0 Å². The van der Waals surface area contributed by atoms with Crippen LogP contribution in [0.5, 0.6) is 11.5 Å². The van der Waals surface area contributed by atoms with E-state index < -0.39 is 6.16 Å². The van der Waals surface area contributed by atoms with Gasteiger partial charge in [0, 0.05) is 11.1 Å². The molecule has 0 aliphatic heterocycles. The monoisotopic (exact) mass is 450 g/mol. The minimum Gasteiger partial charge on any atom is -0.394 e. The Balaban J connectivity index is 1.61. The molecule has 172 valence electrons. The lowest BCUT2D eigenvalue weighted by Crippen LogP contribution is -2.15. The van der Waals surface area contributed by atoms with Crippen molar-refractivity contribution in [3.63, 3.8) is 0 Å². The van der Waals surface area contributed by atoms with E-state index in [0.717, 1.165) is 47.9 Å². The van der Waals surface area contributed by atoms with Gasteiger partial charge in [0.25, 0.3) is 0 Å². The number of carbonyl (C=O) groups excluding carboxylic acids is 1. The van der Waals surface area contributed by atoms with E-state index in [9.17, 15) is 4.79 Å². The van der Waals surface area contributed by atoms with Crippen molar-refractivity contribution >= 4 is 6.16 Å². The predicted molar refractivity (Wildman–Crippen MR) is 138 cm³/mol. The van der Waals surface area contributed by atoms with E-state index in [1.54, 1.807) is 0 Å². The molecule has 0 bridgehead atoms. The van der Waals surface area contributed by atoms with Crippen molar-refractivity contribution in [2.24, 2.45) is 0 Å². The molecule has 0 aliphatic rings. The van der Waals surface area contributed by atoms with Crippen LogP contribution in [0.2, 0.25) is 0 Å². The molecule has 0 saturated carbocycles. The quantitative estimate of drug-likeness (QED) is 0.199. The summed E-state index contributed by atoms with van der Waals surface area (Å²) in [7, 11) is 0. The van der Waals surface area contributed by atoms with Gasteiger partial charge in [-0.1, -0.05) is 112 Å². The maximum atomic E-state index is 12.9. The molecule has 3 nitrogen and oxygen atoms in total. The molecular formula is C31H30O3. The van der Waals surface area contributed by atoms with E-state index in [-0.39, 0.29) is 0 Å². The van der Waals surface area contributed by atoms with Crippen molar-refractivity contribution in [2.75, 3.05) is 0 Å². The molecule has 0 aliphatic carbocycles. The number of para-hydroxylation sites is 2. The predicted octanol–water partition coefficient (Wildman–Crippen LogP) is 8.50. The van der Waals surface area contributed by atoms with Gasteiger partial charge in [0.15, 0.2) is 0 Å². The third kappa shape index (κ3) is 5.37. The lowest BCUT2D eigenvalue weighted by molar-refractivity contribution is 0.152. The second-order valence-electron chi connectivity index (χ2n) is 8.26. The Morgan fingerprint density at radius 1 is 0.529 bits per heavy atom. The van der Waals surface area contributed by atoms with Crippen LogP contribution in [0.25, 0.3) is 22.3 Å². The fourth-order valence-electron chi connectivity index (χ4n) is 4.30. The molecule has 4 rings (SSSR count). The first kappa shape index (κ1) is 23.3. The second kappa shape index (κ2) is 11.3. The Bertz CT molecular complexity index is 1160. The van der Waals surface area contributed by atoms with Gasteiger partial charge in [0.2, 0.25) is 0 Å². The number of benzene rings is 4.